The molecular formula is C18H35NO2. The molecule has 1 rings (SSSR count). The lowest BCUT2D eigenvalue weighted by molar-refractivity contribution is -0.140. The van der Waals surface area contributed by atoms with E-state index in [1.807, 2.05) is 0 Å². The third-order valence-corrected chi connectivity index (χ3v) is 5.15. The van der Waals surface area contributed by atoms with Gasteiger partial charge in [0.1, 0.15) is 0 Å². The zero-order chi connectivity index (χ0) is 16.2. The molecule has 4 atom stereocenters. The van der Waals surface area contributed by atoms with Crippen LogP contribution >= 0.6 is 0 Å². The second-order valence-corrected chi connectivity index (χ2v) is 7.51. The molecule has 0 saturated carbocycles. The molecule has 1 amide bonds. The van der Waals surface area contributed by atoms with E-state index in [0.717, 1.165) is 26.0 Å². The molecule has 1 aliphatic rings. The fourth-order valence-electron chi connectivity index (χ4n) is 3.83. The number of ether oxygens (including phenoxy) is 1. The first-order valence-corrected chi connectivity index (χ1v) is 8.62. The molecular weight excluding hydrogens is 262 g/mol. The normalized spacial score (nSPS) is 25.7. The Kier molecular flexibility index (Phi) is 7.19. The number of likely N-dealkylation sites (tertiary alicyclic amines) is 1. The maximum absolute atomic E-state index is 13.1. The van der Waals surface area contributed by atoms with Crippen molar-refractivity contribution in [1.82, 2.24) is 4.90 Å². The zero-order valence-electron chi connectivity index (χ0n) is 15.1. The van der Waals surface area contributed by atoms with Crippen LogP contribution in [0, 0.1) is 29.6 Å². The van der Waals surface area contributed by atoms with Crippen LogP contribution in [0.5, 0.6) is 0 Å². The van der Waals surface area contributed by atoms with Crippen LogP contribution in [-0.4, -0.2) is 37.1 Å². The topological polar surface area (TPSA) is 29.5 Å². The van der Waals surface area contributed by atoms with E-state index in [2.05, 4.69) is 46.4 Å². The van der Waals surface area contributed by atoms with Crippen LogP contribution in [0.25, 0.3) is 0 Å². The van der Waals surface area contributed by atoms with E-state index in [1.165, 1.54) is 0 Å². The van der Waals surface area contributed by atoms with E-state index in [9.17, 15) is 4.79 Å². The van der Waals surface area contributed by atoms with Gasteiger partial charge in [-0.1, -0.05) is 48.0 Å². The highest BCUT2D eigenvalue weighted by Crippen LogP contribution is 2.33. The maximum Gasteiger partial charge on any atom is 0.226 e. The fourth-order valence-corrected chi connectivity index (χ4v) is 3.83. The summed E-state index contributed by atoms with van der Waals surface area (Å²) in [4.78, 5) is 15.3. The number of carbonyl (C=O) groups excluding carboxylic acids is 1. The Bertz CT molecular complexity index is 327. The Morgan fingerprint density at radius 1 is 1.24 bits per heavy atom. The van der Waals surface area contributed by atoms with Crippen LogP contribution in [0.2, 0.25) is 0 Å². The molecule has 2 unspecified atom stereocenters. The second-order valence-electron chi connectivity index (χ2n) is 7.51. The van der Waals surface area contributed by atoms with Crippen molar-refractivity contribution in [2.45, 2.75) is 60.4 Å². The largest absolute Gasteiger partial charge is 0.384 e. The van der Waals surface area contributed by atoms with Crippen molar-refractivity contribution >= 4 is 5.91 Å². The molecule has 0 bridgehead atoms. The fraction of sp³-hybridized carbons (Fsp3) is 0.944. The third-order valence-electron chi connectivity index (χ3n) is 5.15. The maximum atomic E-state index is 13.1. The first-order chi connectivity index (χ1) is 9.83. The molecule has 1 aliphatic heterocycles. The van der Waals surface area contributed by atoms with Crippen molar-refractivity contribution in [1.29, 1.82) is 0 Å². The minimum atomic E-state index is 0.151. The summed E-state index contributed by atoms with van der Waals surface area (Å²) >= 11 is 0. The molecule has 0 aliphatic carbocycles. The monoisotopic (exact) mass is 297 g/mol. The molecule has 0 radical (unpaired) electrons. The summed E-state index contributed by atoms with van der Waals surface area (Å²) in [6.45, 7) is 14.9. The molecule has 0 N–H and O–H groups in total. The molecule has 0 spiro atoms. The summed E-state index contributed by atoms with van der Waals surface area (Å²) in [5.74, 6) is 2.39. The molecule has 0 aromatic carbocycles. The van der Waals surface area contributed by atoms with Crippen LogP contribution in [0.15, 0.2) is 0 Å². The number of amides is 1. The van der Waals surface area contributed by atoms with E-state index in [-0.39, 0.29) is 5.92 Å². The van der Waals surface area contributed by atoms with E-state index in [0.29, 0.717) is 35.6 Å². The van der Waals surface area contributed by atoms with E-state index in [1.54, 1.807) is 7.11 Å². The number of rotatable bonds is 7. The Morgan fingerprint density at radius 3 is 2.29 bits per heavy atom. The van der Waals surface area contributed by atoms with Crippen molar-refractivity contribution in [3.8, 4) is 0 Å². The van der Waals surface area contributed by atoms with Gasteiger partial charge in [0.25, 0.3) is 0 Å². The number of methoxy groups -OCH3 is 1. The average Bonchev–Trinajstić information content (AvgIpc) is 2.82. The van der Waals surface area contributed by atoms with Gasteiger partial charge in [-0.2, -0.15) is 0 Å². The summed E-state index contributed by atoms with van der Waals surface area (Å²) in [5.41, 5.74) is 0. The molecule has 3 nitrogen and oxygen atoms in total. The van der Waals surface area contributed by atoms with Crippen LogP contribution in [0.3, 0.4) is 0 Å². The smallest absolute Gasteiger partial charge is 0.226 e. The molecule has 0 aromatic heterocycles. The summed E-state index contributed by atoms with van der Waals surface area (Å²) in [5, 5.41) is 0. The van der Waals surface area contributed by atoms with Gasteiger partial charge in [0.05, 0.1) is 6.61 Å². The number of hydrogen-bond acceptors (Lipinski definition) is 2. The van der Waals surface area contributed by atoms with Gasteiger partial charge in [0, 0.05) is 31.5 Å². The lowest BCUT2D eigenvalue weighted by atomic mass is 9.81. The highest BCUT2D eigenvalue weighted by atomic mass is 16.5. The lowest BCUT2D eigenvalue weighted by Gasteiger charge is -2.35. The van der Waals surface area contributed by atoms with Crippen LogP contribution in [-0.2, 0) is 9.53 Å². The minimum Gasteiger partial charge on any atom is -0.384 e. The lowest BCUT2D eigenvalue weighted by Crippen LogP contribution is -2.45. The Hall–Kier alpha value is -0.570. The van der Waals surface area contributed by atoms with Gasteiger partial charge < -0.3 is 9.64 Å². The van der Waals surface area contributed by atoms with Crippen molar-refractivity contribution in [2.24, 2.45) is 29.6 Å². The second kappa shape index (κ2) is 8.17. The van der Waals surface area contributed by atoms with Gasteiger partial charge in [-0.3, -0.25) is 4.79 Å². The van der Waals surface area contributed by atoms with Crippen LogP contribution in [0.1, 0.15) is 54.4 Å². The summed E-state index contributed by atoms with van der Waals surface area (Å²) in [7, 11) is 1.75. The SMILES string of the molecule is CCC(C)[C@@H](C(=O)N1CC(COC)C[C@H]1C(C)C)C(C)C. The van der Waals surface area contributed by atoms with E-state index in [4.69, 9.17) is 4.74 Å². The van der Waals surface area contributed by atoms with Gasteiger partial charge in [0.15, 0.2) is 0 Å². The van der Waals surface area contributed by atoms with Gasteiger partial charge in [-0.25, -0.2) is 0 Å². The van der Waals surface area contributed by atoms with Crippen LogP contribution in [0.4, 0.5) is 0 Å². The Morgan fingerprint density at radius 2 is 1.86 bits per heavy atom. The van der Waals surface area contributed by atoms with Gasteiger partial charge >= 0.3 is 0 Å². The highest BCUT2D eigenvalue weighted by Gasteiger charge is 2.40. The molecule has 0 aromatic rings. The van der Waals surface area contributed by atoms with Crippen LogP contribution < -0.4 is 0 Å². The number of carbonyl (C=O) groups is 1. The first-order valence-electron chi connectivity index (χ1n) is 8.62. The quantitative estimate of drug-likeness (QED) is 0.715. The molecule has 124 valence electrons. The molecule has 21 heavy (non-hydrogen) atoms. The summed E-state index contributed by atoms with van der Waals surface area (Å²) in [6, 6.07) is 0.378. The van der Waals surface area contributed by atoms with E-state index >= 15 is 0 Å². The minimum absolute atomic E-state index is 0.151. The number of hydrogen-bond donors (Lipinski definition) is 0. The highest BCUT2D eigenvalue weighted by molar-refractivity contribution is 5.80. The Balaban J connectivity index is 2.90. The number of nitrogens with zero attached hydrogens (tertiary/aromatic N) is 1. The predicted octanol–water partition coefficient (Wildman–Crippen LogP) is 3.82. The predicted molar refractivity (Wildman–Crippen MR) is 88.1 cm³/mol. The molecule has 1 saturated heterocycles. The van der Waals surface area contributed by atoms with Crippen molar-refractivity contribution in [2.75, 3.05) is 20.3 Å². The van der Waals surface area contributed by atoms with Gasteiger partial charge in [-0.05, 0) is 24.2 Å². The van der Waals surface area contributed by atoms with Crippen molar-refractivity contribution < 1.29 is 9.53 Å². The first kappa shape index (κ1) is 18.5. The molecule has 1 heterocycles. The summed E-state index contributed by atoms with van der Waals surface area (Å²) in [6.07, 6.45) is 2.15. The zero-order valence-corrected chi connectivity index (χ0v) is 15.1. The Labute approximate surface area is 131 Å². The third kappa shape index (κ3) is 4.45. The van der Waals surface area contributed by atoms with Gasteiger partial charge in [-0.15, -0.1) is 0 Å². The molecule has 3 heteroatoms. The summed E-state index contributed by atoms with van der Waals surface area (Å²) < 4.78 is 5.32. The average molecular weight is 297 g/mol. The van der Waals surface area contributed by atoms with Crippen molar-refractivity contribution in [3.63, 3.8) is 0 Å². The molecule has 1 fully saturated rings. The standard InChI is InChI=1S/C18H35NO2/c1-8-14(6)17(13(4)5)18(20)19-10-15(11-21-7)9-16(19)12(2)3/h12-17H,8-11H2,1-7H3/t14?,15?,16-,17-/m0/s1. The van der Waals surface area contributed by atoms with Gasteiger partial charge in [0.2, 0.25) is 5.91 Å². The van der Waals surface area contributed by atoms with E-state index < -0.39 is 0 Å². The van der Waals surface area contributed by atoms with Crippen molar-refractivity contribution in [3.05, 3.63) is 0 Å².